The zero-order valence-corrected chi connectivity index (χ0v) is 10.9. The lowest BCUT2D eigenvalue weighted by Gasteiger charge is -2.15. The molecule has 90 valence electrons. The number of rotatable bonds is 5. The van der Waals surface area contributed by atoms with E-state index in [1.165, 1.54) is 16.7 Å². The minimum atomic E-state index is 1.07. The highest BCUT2D eigenvalue weighted by Gasteiger charge is 2.08. The van der Waals surface area contributed by atoms with Crippen molar-refractivity contribution in [3.8, 4) is 0 Å². The summed E-state index contributed by atoms with van der Waals surface area (Å²) < 4.78 is 0. The lowest BCUT2D eigenvalue weighted by molar-refractivity contribution is 0.957. The van der Waals surface area contributed by atoms with Crippen molar-refractivity contribution in [3.63, 3.8) is 0 Å². The molecule has 0 saturated carbocycles. The third kappa shape index (κ3) is 4.07. The normalized spacial score (nSPS) is 17.4. The van der Waals surface area contributed by atoms with Crippen LogP contribution in [0.2, 0.25) is 0 Å². The fourth-order valence-electron chi connectivity index (χ4n) is 2.03. The molecule has 0 heteroatoms. The highest BCUT2D eigenvalue weighted by atomic mass is 14.1. The van der Waals surface area contributed by atoms with E-state index in [0.717, 1.165) is 19.3 Å². The van der Waals surface area contributed by atoms with E-state index in [4.69, 9.17) is 0 Å². The molecule has 0 aromatic carbocycles. The quantitative estimate of drug-likeness (QED) is 0.559. The van der Waals surface area contributed by atoms with Gasteiger partial charge in [-0.1, -0.05) is 62.1 Å². The largest absolute Gasteiger partial charge is 0.0991 e. The van der Waals surface area contributed by atoms with Gasteiger partial charge < -0.3 is 0 Å². The van der Waals surface area contributed by atoms with Gasteiger partial charge in [0, 0.05) is 0 Å². The summed E-state index contributed by atoms with van der Waals surface area (Å²) in [6.45, 7) is 8.02. The summed E-state index contributed by atoms with van der Waals surface area (Å²) in [5, 5.41) is 0. The van der Waals surface area contributed by atoms with Crippen molar-refractivity contribution in [2.75, 3.05) is 0 Å². The molecule has 0 nitrogen and oxygen atoms in total. The standard InChI is InChI=1S/C17H22/c1-4-7-9-14-17(15(5-2)6-3)16-12-10-8-11-13-16/h4-5,7-10,12,14H,1,6,11,13H2,2-3H3/b9-7-,15-5+,17-14-. The van der Waals surface area contributed by atoms with E-state index in [1.807, 2.05) is 12.2 Å². The smallest absolute Gasteiger partial charge is 0.0196 e. The van der Waals surface area contributed by atoms with Crippen LogP contribution in [0.25, 0.3) is 0 Å². The molecule has 0 fully saturated rings. The second kappa shape index (κ2) is 7.67. The summed E-state index contributed by atoms with van der Waals surface area (Å²) in [7, 11) is 0. The Bertz CT molecular complexity index is 398. The lowest BCUT2D eigenvalue weighted by atomic mass is 9.90. The van der Waals surface area contributed by atoms with Crippen molar-refractivity contribution in [1.82, 2.24) is 0 Å². The third-order valence-electron chi connectivity index (χ3n) is 2.95. The van der Waals surface area contributed by atoms with Gasteiger partial charge in [-0.3, -0.25) is 0 Å². The van der Waals surface area contributed by atoms with Crippen LogP contribution in [0.15, 0.2) is 71.9 Å². The maximum absolute atomic E-state index is 3.70. The van der Waals surface area contributed by atoms with Gasteiger partial charge >= 0.3 is 0 Å². The molecule has 0 unspecified atom stereocenters. The highest BCUT2D eigenvalue weighted by Crippen LogP contribution is 2.27. The highest BCUT2D eigenvalue weighted by molar-refractivity contribution is 5.50. The average Bonchev–Trinajstić information content (AvgIpc) is 2.39. The predicted octanol–water partition coefficient (Wildman–Crippen LogP) is 5.29. The SMILES string of the molecule is C=C\C=C/C=C(C1=CC=CCC1)/C(=C/C)CC. The Morgan fingerprint density at radius 3 is 2.76 bits per heavy atom. The molecular formula is C17H22. The molecule has 17 heavy (non-hydrogen) atoms. The Balaban J connectivity index is 3.05. The van der Waals surface area contributed by atoms with E-state index in [0.29, 0.717) is 0 Å². The van der Waals surface area contributed by atoms with Crippen LogP contribution < -0.4 is 0 Å². The first-order chi connectivity index (χ1) is 8.33. The third-order valence-corrected chi connectivity index (χ3v) is 2.95. The molecule has 0 radical (unpaired) electrons. The van der Waals surface area contributed by atoms with Crippen molar-refractivity contribution in [2.45, 2.75) is 33.1 Å². The Kier molecular flexibility index (Phi) is 6.09. The first-order valence-electron chi connectivity index (χ1n) is 6.34. The fraction of sp³-hybridized carbons (Fsp3) is 0.294. The molecule has 0 saturated heterocycles. The maximum Gasteiger partial charge on any atom is -0.0196 e. The predicted molar refractivity (Wildman–Crippen MR) is 77.9 cm³/mol. The van der Waals surface area contributed by atoms with Gasteiger partial charge in [0.05, 0.1) is 0 Å². The van der Waals surface area contributed by atoms with Crippen molar-refractivity contribution >= 4 is 0 Å². The fourth-order valence-corrected chi connectivity index (χ4v) is 2.03. The van der Waals surface area contributed by atoms with Gasteiger partial charge in [-0.15, -0.1) is 0 Å². The van der Waals surface area contributed by atoms with E-state index < -0.39 is 0 Å². The lowest BCUT2D eigenvalue weighted by Crippen LogP contribution is -1.96. The van der Waals surface area contributed by atoms with Crippen LogP contribution in [-0.4, -0.2) is 0 Å². The average molecular weight is 226 g/mol. The van der Waals surface area contributed by atoms with Crippen molar-refractivity contribution < 1.29 is 0 Å². The molecule has 0 N–H and O–H groups in total. The summed E-state index contributed by atoms with van der Waals surface area (Å²) >= 11 is 0. The van der Waals surface area contributed by atoms with Crippen LogP contribution in [0.4, 0.5) is 0 Å². The van der Waals surface area contributed by atoms with Crippen molar-refractivity contribution in [1.29, 1.82) is 0 Å². The van der Waals surface area contributed by atoms with E-state index in [9.17, 15) is 0 Å². The molecule has 0 heterocycles. The Hall–Kier alpha value is -1.56. The van der Waals surface area contributed by atoms with Crippen LogP contribution in [0, 0.1) is 0 Å². The van der Waals surface area contributed by atoms with Gasteiger partial charge in [-0.25, -0.2) is 0 Å². The first-order valence-corrected chi connectivity index (χ1v) is 6.34. The molecule has 0 aliphatic heterocycles. The van der Waals surface area contributed by atoms with E-state index in [-0.39, 0.29) is 0 Å². The second-order valence-electron chi connectivity index (χ2n) is 4.03. The summed E-state index contributed by atoms with van der Waals surface area (Å²) in [5.74, 6) is 0. The van der Waals surface area contributed by atoms with Crippen LogP contribution in [0.1, 0.15) is 33.1 Å². The Morgan fingerprint density at radius 1 is 1.41 bits per heavy atom. The maximum atomic E-state index is 3.70. The Labute approximate surface area is 105 Å². The topological polar surface area (TPSA) is 0 Å². The summed E-state index contributed by atoms with van der Waals surface area (Å²) in [4.78, 5) is 0. The number of allylic oxidation sites excluding steroid dienone is 11. The molecule has 0 atom stereocenters. The van der Waals surface area contributed by atoms with Gasteiger partial charge in [0.25, 0.3) is 0 Å². The molecule has 0 amide bonds. The zero-order chi connectivity index (χ0) is 12.5. The van der Waals surface area contributed by atoms with Crippen LogP contribution >= 0.6 is 0 Å². The van der Waals surface area contributed by atoms with Gasteiger partial charge in [-0.2, -0.15) is 0 Å². The van der Waals surface area contributed by atoms with E-state index in [1.54, 1.807) is 0 Å². The monoisotopic (exact) mass is 226 g/mol. The van der Waals surface area contributed by atoms with Crippen LogP contribution in [-0.2, 0) is 0 Å². The van der Waals surface area contributed by atoms with Crippen molar-refractivity contribution in [3.05, 3.63) is 71.9 Å². The summed E-state index contributed by atoms with van der Waals surface area (Å²) in [6, 6.07) is 0. The minimum Gasteiger partial charge on any atom is -0.0991 e. The molecular weight excluding hydrogens is 204 g/mol. The Morgan fingerprint density at radius 2 is 2.24 bits per heavy atom. The molecule has 0 aromatic heterocycles. The van der Waals surface area contributed by atoms with Gasteiger partial charge in [0.1, 0.15) is 0 Å². The second-order valence-corrected chi connectivity index (χ2v) is 4.03. The summed E-state index contributed by atoms with van der Waals surface area (Å²) in [5.41, 5.74) is 4.23. The van der Waals surface area contributed by atoms with Crippen LogP contribution in [0.3, 0.4) is 0 Å². The van der Waals surface area contributed by atoms with Crippen molar-refractivity contribution in [2.24, 2.45) is 0 Å². The molecule has 1 aliphatic carbocycles. The molecule has 0 spiro atoms. The molecule has 1 rings (SSSR count). The summed E-state index contributed by atoms with van der Waals surface area (Å²) in [6.07, 6.45) is 20.2. The molecule has 1 aliphatic rings. The minimum absolute atomic E-state index is 1.07. The molecule has 0 bridgehead atoms. The number of hydrogen-bond donors (Lipinski definition) is 0. The zero-order valence-electron chi connectivity index (χ0n) is 10.9. The van der Waals surface area contributed by atoms with Gasteiger partial charge in [0.15, 0.2) is 0 Å². The molecule has 0 aromatic rings. The van der Waals surface area contributed by atoms with E-state index in [2.05, 4.69) is 56.9 Å². The van der Waals surface area contributed by atoms with E-state index >= 15 is 0 Å². The number of hydrogen-bond acceptors (Lipinski definition) is 0. The first kappa shape index (κ1) is 13.5. The van der Waals surface area contributed by atoms with Gasteiger partial charge in [-0.05, 0) is 42.9 Å². The van der Waals surface area contributed by atoms with Gasteiger partial charge in [0.2, 0.25) is 0 Å². The van der Waals surface area contributed by atoms with Crippen LogP contribution in [0.5, 0.6) is 0 Å².